The Hall–Kier alpha value is -3.63. The van der Waals surface area contributed by atoms with Crippen molar-refractivity contribution in [3.63, 3.8) is 0 Å². The van der Waals surface area contributed by atoms with Crippen LogP contribution in [0.4, 0.5) is 10.1 Å². The fraction of sp³-hybridized carbons (Fsp3) is 0.407. The maximum absolute atomic E-state index is 14.5. The molecule has 37 heavy (non-hydrogen) atoms. The summed E-state index contributed by atoms with van der Waals surface area (Å²) in [7, 11) is 0. The smallest absolute Gasteiger partial charge is 0.253 e. The van der Waals surface area contributed by atoms with Gasteiger partial charge in [0.25, 0.3) is 5.56 Å². The lowest BCUT2D eigenvalue weighted by Gasteiger charge is -2.39. The molecular formula is C27H30FN7O2. The Morgan fingerprint density at radius 3 is 2.76 bits per heavy atom. The normalized spacial score (nSPS) is 19.5. The second kappa shape index (κ2) is 10.0. The summed E-state index contributed by atoms with van der Waals surface area (Å²) < 4.78 is 22.1. The van der Waals surface area contributed by atoms with Gasteiger partial charge in [-0.1, -0.05) is 30.3 Å². The first kappa shape index (κ1) is 23.7. The van der Waals surface area contributed by atoms with Gasteiger partial charge in [0.2, 0.25) is 0 Å². The number of hydrogen-bond donors (Lipinski definition) is 1. The predicted octanol–water partition coefficient (Wildman–Crippen LogP) is 3.05. The maximum Gasteiger partial charge on any atom is 0.253 e. The molecule has 192 valence electrons. The standard InChI is InChI=1S/C27H30FN7O2/c1-18-6-4-7-19-16-21(27(36)29-24(18)19)25(26-30-31-32-35(26)17-20-8-5-15-37-20)34-13-11-33(12-14-34)23-10-3-2-9-22(23)28/h2-4,6-7,9-10,16,20,25H,5,8,11-15,17H2,1H3,(H,29,36)/t20-,25+/m1/s1. The predicted molar refractivity (Wildman–Crippen MR) is 138 cm³/mol. The van der Waals surface area contributed by atoms with Gasteiger partial charge < -0.3 is 14.6 Å². The van der Waals surface area contributed by atoms with Crippen LogP contribution in [0.3, 0.4) is 0 Å². The summed E-state index contributed by atoms with van der Waals surface area (Å²) >= 11 is 0. The van der Waals surface area contributed by atoms with Gasteiger partial charge in [0.05, 0.1) is 23.9 Å². The highest BCUT2D eigenvalue weighted by Gasteiger charge is 2.34. The molecule has 1 N–H and O–H groups in total. The average molecular weight is 504 g/mol. The molecule has 2 atom stereocenters. The van der Waals surface area contributed by atoms with Crippen molar-refractivity contribution < 1.29 is 9.13 Å². The molecule has 0 saturated carbocycles. The molecular weight excluding hydrogens is 473 g/mol. The number of halogens is 1. The summed E-state index contributed by atoms with van der Waals surface area (Å²) in [6.45, 7) is 5.75. The van der Waals surface area contributed by atoms with Crippen molar-refractivity contribution in [3.05, 3.63) is 81.7 Å². The Balaban J connectivity index is 1.37. The number of anilines is 1. The zero-order valence-corrected chi connectivity index (χ0v) is 20.8. The molecule has 4 heterocycles. The second-order valence-corrected chi connectivity index (χ2v) is 9.82. The summed E-state index contributed by atoms with van der Waals surface area (Å²) in [6, 6.07) is 14.3. The maximum atomic E-state index is 14.5. The number of fused-ring (bicyclic) bond motifs is 1. The molecule has 2 aromatic heterocycles. The third kappa shape index (κ3) is 4.62. The Bertz CT molecular complexity index is 1450. The van der Waals surface area contributed by atoms with Gasteiger partial charge >= 0.3 is 0 Å². The number of H-pyrrole nitrogens is 1. The van der Waals surface area contributed by atoms with Gasteiger partial charge in [-0.05, 0) is 59.3 Å². The molecule has 0 unspecified atom stereocenters. The first-order chi connectivity index (χ1) is 18.1. The average Bonchev–Trinajstić information content (AvgIpc) is 3.59. The van der Waals surface area contributed by atoms with Crippen LogP contribution in [0.5, 0.6) is 0 Å². The monoisotopic (exact) mass is 503 g/mol. The van der Waals surface area contributed by atoms with Gasteiger partial charge in [-0.25, -0.2) is 9.07 Å². The van der Waals surface area contributed by atoms with Crippen molar-refractivity contribution in [2.24, 2.45) is 0 Å². The summed E-state index contributed by atoms with van der Waals surface area (Å²) in [4.78, 5) is 20.9. The van der Waals surface area contributed by atoms with Crippen LogP contribution < -0.4 is 10.5 Å². The third-order valence-corrected chi connectivity index (χ3v) is 7.49. The Morgan fingerprint density at radius 1 is 1.14 bits per heavy atom. The van der Waals surface area contributed by atoms with Gasteiger partial charge in [-0.3, -0.25) is 9.69 Å². The number of pyridine rings is 1. The molecule has 6 rings (SSSR count). The van der Waals surface area contributed by atoms with Crippen molar-refractivity contribution in [1.82, 2.24) is 30.1 Å². The van der Waals surface area contributed by atoms with E-state index in [1.165, 1.54) is 6.07 Å². The number of piperazine rings is 1. The van der Waals surface area contributed by atoms with E-state index in [9.17, 15) is 9.18 Å². The van der Waals surface area contributed by atoms with Crippen LogP contribution >= 0.6 is 0 Å². The Labute approximate surface area is 213 Å². The van der Waals surface area contributed by atoms with Gasteiger partial charge in [0, 0.05) is 38.3 Å². The number of nitrogens with zero attached hydrogens (tertiary/aromatic N) is 6. The molecule has 4 aromatic rings. The number of para-hydroxylation sites is 2. The number of benzene rings is 2. The SMILES string of the molecule is Cc1cccc2cc([C@@H](c3nnnn3C[C@H]3CCCO3)N3CCN(c4ccccc4F)CC3)c(=O)[nH]c12. The van der Waals surface area contributed by atoms with E-state index in [0.29, 0.717) is 49.8 Å². The summed E-state index contributed by atoms with van der Waals surface area (Å²) in [5, 5.41) is 13.7. The highest BCUT2D eigenvalue weighted by atomic mass is 19.1. The lowest BCUT2D eigenvalue weighted by molar-refractivity contribution is 0.0906. The minimum Gasteiger partial charge on any atom is -0.376 e. The number of ether oxygens (including phenoxy) is 1. The molecule has 0 radical (unpaired) electrons. The minimum atomic E-state index is -0.451. The van der Waals surface area contributed by atoms with Crippen molar-refractivity contribution >= 4 is 16.6 Å². The van der Waals surface area contributed by atoms with Crippen LogP contribution in [-0.4, -0.2) is 69.0 Å². The van der Waals surface area contributed by atoms with Crippen LogP contribution in [-0.2, 0) is 11.3 Å². The molecule has 0 amide bonds. The van der Waals surface area contributed by atoms with Crippen molar-refractivity contribution in [3.8, 4) is 0 Å². The van der Waals surface area contributed by atoms with Gasteiger partial charge in [0.1, 0.15) is 11.9 Å². The zero-order chi connectivity index (χ0) is 25.4. The van der Waals surface area contributed by atoms with E-state index in [2.05, 4.69) is 25.4 Å². The molecule has 2 saturated heterocycles. The molecule has 9 nitrogen and oxygen atoms in total. The second-order valence-electron chi connectivity index (χ2n) is 9.82. The number of rotatable bonds is 6. The highest BCUT2D eigenvalue weighted by Crippen LogP contribution is 2.30. The number of aromatic nitrogens is 5. The number of aromatic amines is 1. The van der Waals surface area contributed by atoms with Gasteiger partial charge in [-0.2, -0.15) is 0 Å². The van der Waals surface area contributed by atoms with Crippen LogP contribution in [0.15, 0.2) is 53.3 Å². The third-order valence-electron chi connectivity index (χ3n) is 7.49. The Morgan fingerprint density at radius 2 is 1.97 bits per heavy atom. The topological polar surface area (TPSA) is 92.2 Å². The summed E-state index contributed by atoms with van der Waals surface area (Å²) in [6.07, 6.45) is 2.03. The van der Waals surface area contributed by atoms with Crippen LogP contribution in [0.25, 0.3) is 10.9 Å². The molecule has 0 aliphatic carbocycles. The number of tetrazole rings is 1. The highest BCUT2D eigenvalue weighted by molar-refractivity contribution is 5.82. The largest absolute Gasteiger partial charge is 0.376 e. The Kier molecular flexibility index (Phi) is 6.43. The lowest BCUT2D eigenvalue weighted by atomic mass is 10.0. The number of aryl methyl sites for hydroxylation is 1. The van der Waals surface area contributed by atoms with E-state index in [1.54, 1.807) is 16.8 Å². The number of nitrogens with one attached hydrogen (secondary N) is 1. The van der Waals surface area contributed by atoms with Gasteiger partial charge in [-0.15, -0.1) is 5.10 Å². The molecule has 0 spiro atoms. The molecule has 2 fully saturated rings. The molecule has 0 bridgehead atoms. The van der Waals surface area contributed by atoms with E-state index in [1.807, 2.05) is 42.2 Å². The minimum absolute atomic E-state index is 0.0540. The van der Waals surface area contributed by atoms with E-state index in [4.69, 9.17) is 4.74 Å². The van der Waals surface area contributed by atoms with Crippen LogP contribution in [0.1, 0.15) is 35.8 Å². The van der Waals surface area contributed by atoms with Crippen molar-refractivity contribution in [2.75, 3.05) is 37.7 Å². The summed E-state index contributed by atoms with van der Waals surface area (Å²) in [5.41, 5.74) is 2.88. The van der Waals surface area contributed by atoms with E-state index >= 15 is 0 Å². The summed E-state index contributed by atoms with van der Waals surface area (Å²) in [5.74, 6) is 0.390. The van der Waals surface area contributed by atoms with Gasteiger partial charge in [0.15, 0.2) is 5.82 Å². The first-order valence-electron chi connectivity index (χ1n) is 12.8. The van der Waals surface area contributed by atoms with Crippen LogP contribution in [0, 0.1) is 12.7 Å². The van der Waals surface area contributed by atoms with E-state index < -0.39 is 6.04 Å². The molecule has 2 aliphatic heterocycles. The van der Waals surface area contributed by atoms with Crippen molar-refractivity contribution in [1.29, 1.82) is 0 Å². The van der Waals surface area contributed by atoms with Crippen LogP contribution in [0.2, 0.25) is 0 Å². The molecule has 10 heteroatoms. The van der Waals surface area contributed by atoms with E-state index in [-0.39, 0.29) is 17.5 Å². The lowest BCUT2D eigenvalue weighted by Crippen LogP contribution is -2.49. The fourth-order valence-electron chi connectivity index (χ4n) is 5.55. The van der Waals surface area contributed by atoms with Crippen molar-refractivity contribution in [2.45, 2.75) is 38.5 Å². The molecule has 2 aliphatic rings. The first-order valence-corrected chi connectivity index (χ1v) is 12.8. The molecule has 2 aromatic carbocycles. The number of hydrogen-bond acceptors (Lipinski definition) is 7. The zero-order valence-electron chi connectivity index (χ0n) is 20.8. The fourth-order valence-corrected chi connectivity index (χ4v) is 5.55. The van der Waals surface area contributed by atoms with E-state index in [0.717, 1.165) is 35.9 Å². The quantitative estimate of drug-likeness (QED) is 0.432.